The van der Waals surface area contributed by atoms with Crippen molar-refractivity contribution in [3.8, 4) is 0 Å². The molecule has 0 aliphatic heterocycles. The van der Waals surface area contributed by atoms with E-state index in [4.69, 9.17) is 0 Å². The standard InChI is InChI=1S/C17H22N2O3/c1-12(20)18-14-9-6-13(7-10-14)8-11-17(22)19-15-4-2-3-5-16(15)21/h6-11,15-16,21H,2-5H2,1H3,(H,18,20)(H,19,22)/b11-8+. The molecule has 0 bridgehead atoms. The predicted octanol–water partition coefficient (Wildman–Crippen LogP) is 2.08. The number of aliphatic hydroxyl groups is 1. The van der Waals surface area contributed by atoms with Gasteiger partial charge in [-0.1, -0.05) is 25.0 Å². The van der Waals surface area contributed by atoms with Crippen LogP contribution in [-0.2, 0) is 9.59 Å². The molecule has 0 spiro atoms. The number of rotatable bonds is 4. The van der Waals surface area contributed by atoms with E-state index in [0.717, 1.165) is 36.9 Å². The Hall–Kier alpha value is -2.14. The second-order valence-electron chi connectivity index (χ2n) is 5.60. The van der Waals surface area contributed by atoms with Gasteiger partial charge < -0.3 is 15.7 Å². The highest BCUT2D eigenvalue weighted by atomic mass is 16.3. The van der Waals surface area contributed by atoms with E-state index in [-0.39, 0.29) is 17.9 Å². The molecule has 1 saturated carbocycles. The van der Waals surface area contributed by atoms with Crippen molar-refractivity contribution in [2.75, 3.05) is 5.32 Å². The Bertz CT molecular complexity index is 552. The molecule has 2 amide bonds. The summed E-state index contributed by atoms with van der Waals surface area (Å²) in [6.45, 7) is 1.46. The van der Waals surface area contributed by atoms with Crippen LogP contribution in [-0.4, -0.2) is 29.1 Å². The third-order valence-electron chi connectivity index (χ3n) is 3.72. The van der Waals surface area contributed by atoms with Crippen LogP contribution in [0.5, 0.6) is 0 Å². The lowest BCUT2D eigenvalue weighted by Crippen LogP contribution is -2.44. The average Bonchev–Trinajstić information content (AvgIpc) is 2.48. The van der Waals surface area contributed by atoms with Crippen LogP contribution in [0.15, 0.2) is 30.3 Å². The maximum atomic E-state index is 11.9. The monoisotopic (exact) mass is 302 g/mol. The fraction of sp³-hybridized carbons (Fsp3) is 0.412. The molecule has 22 heavy (non-hydrogen) atoms. The summed E-state index contributed by atoms with van der Waals surface area (Å²) in [6, 6.07) is 7.07. The fourth-order valence-electron chi connectivity index (χ4n) is 2.56. The van der Waals surface area contributed by atoms with Crippen molar-refractivity contribution in [2.24, 2.45) is 0 Å². The van der Waals surface area contributed by atoms with Gasteiger partial charge in [-0.25, -0.2) is 0 Å². The third-order valence-corrected chi connectivity index (χ3v) is 3.72. The summed E-state index contributed by atoms with van der Waals surface area (Å²) in [5, 5.41) is 15.4. The van der Waals surface area contributed by atoms with Gasteiger partial charge in [0.15, 0.2) is 0 Å². The van der Waals surface area contributed by atoms with E-state index in [1.807, 2.05) is 12.1 Å². The molecule has 3 N–H and O–H groups in total. The second-order valence-corrected chi connectivity index (χ2v) is 5.60. The molecular weight excluding hydrogens is 280 g/mol. The fourth-order valence-corrected chi connectivity index (χ4v) is 2.56. The lowest BCUT2D eigenvalue weighted by Gasteiger charge is -2.27. The maximum absolute atomic E-state index is 11.9. The minimum Gasteiger partial charge on any atom is -0.391 e. The van der Waals surface area contributed by atoms with Crippen LogP contribution in [0.3, 0.4) is 0 Å². The highest BCUT2D eigenvalue weighted by Crippen LogP contribution is 2.18. The minimum absolute atomic E-state index is 0.117. The van der Waals surface area contributed by atoms with Gasteiger partial charge in [0.2, 0.25) is 11.8 Å². The van der Waals surface area contributed by atoms with E-state index in [1.165, 1.54) is 13.0 Å². The van der Waals surface area contributed by atoms with E-state index in [9.17, 15) is 14.7 Å². The maximum Gasteiger partial charge on any atom is 0.244 e. The summed E-state index contributed by atoms with van der Waals surface area (Å²) in [7, 11) is 0. The highest BCUT2D eigenvalue weighted by molar-refractivity contribution is 5.92. The van der Waals surface area contributed by atoms with E-state index >= 15 is 0 Å². The van der Waals surface area contributed by atoms with Crippen molar-refractivity contribution in [2.45, 2.75) is 44.8 Å². The first-order valence-electron chi connectivity index (χ1n) is 7.59. The van der Waals surface area contributed by atoms with Crippen LogP contribution in [0.1, 0.15) is 38.2 Å². The summed E-state index contributed by atoms with van der Waals surface area (Å²) < 4.78 is 0. The van der Waals surface area contributed by atoms with Crippen LogP contribution >= 0.6 is 0 Å². The van der Waals surface area contributed by atoms with Gasteiger partial charge in [0.1, 0.15) is 0 Å². The van der Waals surface area contributed by atoms with E-state index in [0.29, 0.717) is 0 Å². The zero-order valence-electron chi connectivity index (χ0n) is 12.7. The Labute approximate surface area is 130 Å². The van der Waals surface area contributed by atoms with Gasteiger partial charge in [0, 0.05) is 18.7 Å². The van der Waals surface area contributed by atoms with E-state index < -0.39 is 6.10 Å². The van der Waals surface area contributed by atoms with Gasteiger partial charge in [-0.2, -0.15) is 0 Å². The molecule has 1 aromatic carbocycles. The summed E-state index contributed by atoms with van der Waals surface area (Å²) >= 11 is 0. The summed E-state index contributed by atoms with van der Waals surface area (Å²) in [4.78, 5) is 22.8. The van der Waals surface area contributed by atoms with E-state index in [1.54, 1.807) is 18.2 Å². The van der Waals surface area contributed by atoms with Crippen molar-refractivity contribution in [1.29, 1.82) is 0 Å². The number of benzene rings is 1. The van der Waals surface area contributed by atoms with E-state index in [2.05, 4.69) is 10.6 Å². The number of hydrogen-bond donors (Lipinski definition) is 3. The quantitative estimate of drug-likeness (QED) is 0.745. The van der Waals surface area contributed by atoms with Crippen LogP contribution in [0, 0.1) is 0 Å². The Kier molecular flexibility index (Phi) is 5.72. The van der Waals surface area contributed by atoms with Gasteiger partial charge in [-0.05, 0) is 36.6 Å². The summed E-state index contributed by atoms with van der Waals surface area (Å²) in [5.74, 6) is -0.314. The first-order chi connectivity index (χ1) is 10.5. The van der Waals surface area contributed by atoms with Crippen LogP contribution < -0.4 is 10.6 Å². The van der Waals surface area contributed by atoms with Gasteiger partial charge in [-0.3, -0.25) is 9.59 Å². The first kappa shape index (κ1) is 16.2. The molecular formula is C17H22N2O3. The Morgan fingerprint density at radius 3 is 2.50 bits per heavy atom. The van der Waals surface area contributed by atoms with Gasteiger partial charge in [0.25, 0.3) is 0 Å². The van der Waals surface area contributed by atoms with Crippen LogP contribution in [0.2, 0.25) is 0 Å². The number of nitrogens with one attached hydrogen (secondary N) is 2. The van der Waals surface area contributed by atoms with Crippen LogP contribution in [0.25, 0.3) is 6.08 Å². The lowest BCUT2D eigenvalue weighted by atomic mass is 9.92. The molecule has 1 aliphatic rings. The molecule has 1 fully saturated rings. The predicted molar refractivity (Wildman–Crippen MR) is 86.2 cm³/mol. The molecule has 0 radical (unpaired) electrons. The molecule has 5 nitrogen and oxygen atoms in total. The molecule has 118 valence electrons. The SMILES string of the molecule is CC(=O)Nc1ccc(/C=C/C(=O)NC2CCCCC2O)cc1. The number of anilines is 1. The number of carbonyl (C=O) groups is 2. The number of hydrogen-bond acceptors (Lipinski definition) is 3. The molecule has 2 rings (SSSR count). The van der Waals surface area contributed by atoms with Crippen molar-refractivity contribution in [3.63, 3.8) is 0 Å². The third kappa shape index (κ3) is 5.00. The average molecular weight is 302 g/mol. The van der Waals surface area contributed by atoms with Gasteiger partial charge in [-0.15, -0.1) is 0 Å². The normalized spacial score (nSPS) is 21.5. The number of amides is 2. The molecule has 5 heteroatoms. The highest BCUT2D eigenvalue weighted by Gasteiger charge is 2.23. The molecule has 0 aromatic heterocycles. The number of carbonyl (C=O) groups excluding carboxylic acids is 2. The van der Waals surface area contributed by atoms with Crippen molar-refractivity contribution >= 4 is 23.6 Å². The molecule has 0 saturated heterocycles. The first-order valence-corrected chi connectivity index (χ1v) is 7.59. The topological polar surface area (TPSA) is 78.4 Å². The zero-order valence-corrected chi connectivity index (χ0v) is 12.7. The van der Waals surface area contributed by atoms with Gasteiger partial charge in [0.05, 0.1) is 12.1 Å². The summed E-state index contributed by atoms with van der Waals surface area (Å²) in [6.07, 6.45) is 6.37. The van der Waals surface area contributed by atoms with Crippen LogP contribution in [0.4, 0.5) is 5.69 Å². The Balaban J connectivity index is 1.87. The Morgan fingerprint density at radius 2 is 1.86 bits per heavy atom. The minimum atomic E-state index is -0.442. The molecule has 2 atom stereocenters. The van der Waals surface area contributed by atoms with Crippen molar-refractivity contribution in [3.05, 3.63) is 35.9 Å². The van der Waals surface area contributed by atoms with Crippen molar-refractivity contribution < 1.29 is 14.7 Å². The zero-order chi connectivity index (χ0) is 15.9. The molecule has 0 heterocycles. The lowest BCUT2D eigenvalue weighted by molar-refractivity contribution is -0.118. The van der Waals surface area contributed by atoms with Gasteiger partial charge >= 0.3 is 0 Å². The largest absolute Gasteiger partial charge is 0.391 e. The second kappa shape index (κ2) is 7.75. The molecule has 1 aromatic rings. The summed E-state index contributed by atoms with van der Waals surface area (Å²) in [5.41, 5.74) is 1.59. The smallest absolute Gasteiger partial charge is 0.244 e. The number of aliphatic hydroxyl groups excluding tert-OH is 1. The molecule has 1 aliphatic carbocycles. The molecule has 2 unspecified atom stereocenters. The Morgan fingerprint density at radius 1 is 1.18 bits per heavy atom. The van der Waals surface area contributed by atoms with Crippen molar-refractivity contribution in [1.82, 2.24) is 5.32 Å².